The van der Waals surface area contributed by atoms with Gasteiger partial charge in [-0.1, -0.05) is 34.8 Å². The van der Waals surface area contributed by atoms with Crippen LogP contribution in [0, 0.1) is 0 Å². The fourth-order valence-electron chi connectivity index (χ4n) is 2.70. The Morgan fingerprint density at radius 3 is 2.16 bits per heavy atom. The Bertz CT molecular complexity index is 1180. The van der Waals surface area contributed by atoms with Crippen molar-refractivity contribution in [2.45, 2.75) is 4.90 Å². The smallest absolute Gasteiger partial charge is 0.264 e. The van der Waals surface area contributed by atoms with E-state index in [0.29, 0.717) is 27.2 Å². The summed E-state index contributed by atoms with van der Waals surface area (Å²) in [5.41, 5.74) is 0.679. The van der Waals surface area contributed by atoms with Crippen LogP contribution in [0.2, 0.25) is 15.1 Å². The summed E-state index contributed by atoms with van der Waals surface area (Å²) in [6.07, 6.45) is 0. The van der Waals surface area contributed by atoms with Crippen molar-refractivity contribution < 1.29 is 17.9 Å². The summed E-state index contributed by atoms with van der Waals surface area (Å²) in [6, 6.07) is 16.6. The van der Waals surface area contributed by atoms with E-state index in [1.807, 2.05) is 0 Å². The Morgan fingerprint density at radius 2 is 1.58 bits per heavy atom. The average molecular weight is 500 g/mol. The molecule has 0 radical (unpaired) electrons. The third kappa shape index (κ3) is 5.62. The molecule has 0 unspecified atom stereocenters. The van der Waals surface area contributed by atoms with Crippen molar-refractivity contribution >= 4 is 62.1 Å². The normalized spacial score (nSPS) is 11.1. The van der Waals surface area contributed by atoms with Crippen LogP contribution in [0.5, 0.6) is 5.75 Å². The van der Waals surface area contributed by atoms with Gasteiger partial charge in [0.25, 0.3) is 10.0 Å². The molecule has 0 atom stereocenters. The predicted molar refractivity (Wildman–Crippen MR) is 124 cm³/mol. The molecule has 0 aromatic heterocycles. The lowest BCUT2D eigenvalue weighted by Crippen LogP contribution is -2.38. The molecular formula is C21H17Cl3N2O4S. The van der Waals surface area contributed by atoms with E-state index in [4.69, 9.17) is 39.5 Å². The number of hydrogen-bond acceptors (Lipinski definition) is 4. The summed E-state index contributed by atoms with van der Waals surface area (Å²) in [5, 5.41) is 3.63. The zero-order valence-electron chi connectivity index (χ0n) is 16.2. The molecule has 0 bridgehead atoms. The maximum atomic E-state index is 13.3. The van der Waals surface area contributed by atoms with Crippen molar-refractivity contribution in [3.05, 3.63) is 81.8 Å². The molecule has 0 aliphatic carbocycles. The van der Waals surface area contributed by atoms with Gasteiger partial charge in [-0.25, -0.2) is 8.42 Å². The third-order valence-electron chi connectivity index (χ3n) is 4.25. The summed E-state index contributed by atoms with van der Waals surface area (Å²) in [7, 11) is -2.56. The van der Waals surface area contributed by atoms with Gasteiger partial charge < -0.3 is 10.1 Å². The highest BCUT2D eigenvalue weighted by Gasteiger charge is 2.27. The number of carbonyl (C=O) groups is 1. The molecule has 6 nitrogen and oxygen atoms in total. The molecule has 0 fully saturated rings. The second kappa shape index (κ2) is 9.78. The number of anilines is 2. The maximum Gasteiger partial charge on any atom is 0.264 e. The zero-order chi connectivity index (χ0) is 22.6. The van der Waals surface area contributed by atoms with E-state index in [1.165, 1.54) is 43.5 Å². The minimum Gasteiger partial charge on any atom is -0.497 e. The Morgan fingerprint density at radius 1 is 0.935 bits per heavy atom. The van der Waals surface area contributed by atoms with Gasteiger partial charge in [-0.15, -0.1) is 0 Å². The summed E-state index contributed by atoms with van der Waals surface area (Å²) in [4.78, 5) is 12.7. The number of nitrogens with one attached hydrogen (secondary N) is 1. The van der Waals surface area contributed by atoms with Gasteiger partial charge in [0, 0.05) is 10.7 Å². The van der Waals surface area contributed by atoms with E-state index < -0.39 is 22.5 Å². The second-order valence-corrected chi connectivity index (χ2v) is 9.45. The van der Waals surface area contributed by atoms with Gasteiger partial charge in [0.15, 0.2) is 0 Å². The van der Waals surface area contributed by atoms with Crippen LogP contribution in [0.15, 0.2) is 71.6 Å². The predicted octanol–water partition coefficient (Wildman–Crippen LogP) is 5.49. The van der Waals surface area contributed by atoms with Crippen molar-refractivity contribution in [1.29, 1.82) is 0 Å². The van der Waals surface area contributed by atoms with Gasteiger partial charge in [-0.3, -0.25) is 9.10 Å². The molecule has 10 heteroatoms. The quantitative estimate of drug-likeness (QED) is 0.466. The molecule has 3 aromatic carbocycles. The topological polar surface area (TPSA) is 75.7 Å². The number of halogens is 3. The van der Waals surface area contributed by atoms with Crippen LogP contribution < -0.4 is 14.4 Å². The molecule has 31 heavy (non-hydrogen) atoms. The van der Waals surface area contributed by atoms with Gasteiger partial charge >= 0.3 is 0 Å². The van der Waals surface area contributed by atoms with E-state index in [9.17, 15) is 13.2 Å². The molecular weight excluding hydrogens is 483 g/mol. The zero-order valence-corrected chi connectivity index (χ0v) is 19.3. The van der Waals surface area contributed by atoms with Crippen LogP contribution in [0.4, 0.5) is 11.4 Å². The number of nitrogens with zero attached hydrogens (tertiary/aromatic N) is 1. The largest absolute Gasteiger partial charge is 0.497 e. The van der Waals surface area contributed by atoms with Crippen molar-refractivity contribution in [3.8, 4) is 5.75 Å². The first kappa shape index (κ1) is 23.2. The fraction of sp³-hybridized carbons (Fsp3) is 0.0952. The van der Waals surface area contributed by atoms with Crippen molar-refractivity contribution in [1.82, 2.24) is 0 Å². The number of ether oxygens (including phenoxy) is 1. The van der Waals surface area contributed by atoms with Gasteiger partial charge in [-0.05, 0) is 66.7 Å². The molecule has 0 spiro atoms. The van der Waals surface area contributed by atoms with Crippen LogP contribution >= 0.6 is 34.8 Å². The summed E-state index contributed by atoms with van der Waals surface area (Å²) < 4.78 is 32.8. The SMILES string of the molecule is COc1ccc(N(CC(=O)Nc2ccc(Cl)c(Cl)c2)S(=O)(=O)c2ccc(Cl)cc2)cc1. The van der Waals surface area contributed by atoms with E-state index in [0.717, 1.165) is 4.31 Å². The molecule has 0 saturated heterocycles. The van der Waals surface area contributed by atoms with E-state index in [1.54, 1.807) is 30.3 Å². The first-order valence-electron chi connectivity index (χ1n) is 8.88. The molecule has 1 amide bonds. The Labute approximate surface area is 195 Å². The minimum atomic E-state index is -4.07. The molecule has 1 N–H and O–H groups in total. The highest BCUT2D eigenvalue weighted by Crippen LogP contribution is 2.28. The van der Waals surface area contributed by atoms with E-state index in [-0.39, 0.29) is 9.92 Å². The Balaban J connectivity index is 1.93. The number of rotatable bonds is 7. The van der Waals surface area contributed by atoms with Crippen LogP contribution in [-0.4, -0.2) is 28.0 Å². The number of sulfonamides is 1. The summed E-state index contributed by atoms with van der Waals surface area (Å²) in [5.74, 6) is -0.0143. The number of hydrogen-bond donors (Lipinski definition) is 1. The Hall–Kier alpha value is -2.45. The van der Waals surface area contributed by atoms with Gasteiger partial charge in [0.05, 0.1) is 27.7 Å². The first-order valence-corrected chi connectivity index (χ1v) is 11.5. The van der Waals surface area contributed by atoms with Gasteiger partial charge in [0.1, 0.15) is 12.3 Å². The lowest BCUT2D eigenvalue weighted by atomic mass is 10.3. The third-order valence-corrected chi connectivity index (χ3v) is 7.03. The van der Waals surface area contributed by atoms with Crippen LogP contribution in [0.25, 0.3) is 0 Å². The summed E-state index contributed by atoms with van der Waals surface area (Å²) in [6.45, 7) is -0.475. The fourth-order valence-corrected chi connectivity index (χ4v) is 4.55. The Kier molecular flexibility index (Phi) is 7.33. The van der Waals surface area contributed by atoms with Crippen molar-refractivity contribution in [3.63, 3.8) is 0 Å². The molecule has 3 aromatic rings. The molecule has 0 heterocycles. The standard InChI is InChI=1S/C21H17Cl3N2O4S/c1-30-17-7-5-16(6-8-17)26(31(28,29)18-9-2-14(22)3-10-18)13-21(27)25-15-4-11-19(23)20(24)12-15/h2-12H,13H2,1H3,(H,25,27). The molecule has 0 aliphatic heterocycles. The molecule has 3 rings (SSSR count). The molecule has 162 valence electrons. The number of amides is 1. The lowest BCUT2D eigenvalue weighted by Gasteiger charge is -2.24. The van der Waals surface area contributed by atoms with Crippen LogP contribution in [0.3, 0.4) is 0 Å². The molecule has 0 aliphatic rings. The van der Waals surface area contributed by atoms with Crippen molar-refractivity contribution in [2.24, 2.45) is 0 Å². The highest BCUT2D eigenvalue weighted by atomic mass is 35.5. The van der Waals surface area contributed by atoms with E-state index >= 15 is 0 Å². The summed E-state index contributed by atoms with van der Waals surface area (Å²) >= 11 is 17.8. The van der Waals surface area contributed by atoms with Gasteiger partial charge in [0.2, 0.25) is 5.91 Å². The van der Waals surface area contributed by atoms with E-state index in [2.05, 4.69) is 5.32 Å². The maximum absolute atomic E-state index is 13.3. The number of carbonyl (C=O) groups excluding carboxylic acids is 1. The van der Waals surface area contributed by atoms with Crippen LogP contribution in [0.1, 0.15) is 0 Å². The minimum absolute atomic E-state index is 0.00458. The van der Waals surface area contributed by atoms with Gasteiger partial charge in [-0.2, -0.15) is 0 Å². The first-order chi connectivity index (χ1) is 14.7. The monoisotopic (exact) mass is 498 g/mol. The number of methoxy groups -OCH3 is 1. The molecule has 0 saturated carbocycles. The average Bonchev–Trinajstić information content (AvgIpc) is 2.75. The lowest BCUT2D eigenvalue weighted by molar-refractivity contribution is -0.114. The number of benzene rings is 3. The second-order valence-electron chi connectivity index (χ2n) is 6.34. The highest BCUT2D eigenvalue weighted by molar-refractivity contribution is 7.92. The van der Waals surface area contributed by atoms with Crippen molar-refractivity contribution in [2.75, 3.05) is 23.3 Å². The van der Waals surface area contributed by atoms with Crippen LogP contribution in [-0.2, 0) is 14.8 Å².